The summed E-state index contributed by atoms with van der Waals surface area (Å²) in [5.74, 6) is 0. The topological polar surface area (TPSA) is 97.7 Å². The van der Waals surface area contributed by atoms with Crippen molar-refractivity contribution in [2.45, 2.75) is 0 Å². The molecule has 0 saturated carbocycles. The van der Waals surface area contributed by atoms with Crippen LogP contribution >= 0.6 is 0 Å². The lowest BCUT2D eigenvalue weighted by molar-refractivity contribution is 0.249. The zero-order chi connectivity index (χ0) is 14.8. The van der Waals surface area contributed by atoms with Crippen molar-refractivity contribution in [1.82, 2.24) is 5.43 Å². The third-order valence-electron chi connectivity index (χ3n) is 3.07. The quantitative estimate of drug-likeness (QED) is 0.426. The average Bonchev–Trinajstić information content (AvgIpc) is 2.49. The largest absolute Gasteiger partial charge is 0.463 e. The maximum absolute atomic E-state index is 12.4. The van der Waals surface area contributed by atoms with E-state index in [-0.39, 0.29) is 11.0 Å². The first-order chi connectivity index (χ1) is 10.2. The molecular formula is C15H11N3O3. The fourth-order valence-corrected chi connectivity index (χ4v) is 2.13. The van der Waals surface area contributed by atoms with E-state index in [2.05, 4.69) is 5.10 Å². The number of fused-ring (bicyclic) bond motifs is 3. The summed E-state index contributed by atoms with van der Waals surface area (Å²) in [6.07, 6.45) is 2.51. The van der Waals surface area contributed by atoms with Gasteiger partial charge >= 0.3 is 6.03 Å². The standard InChI is InChI=1S/C15H11N3O3/c16-15(20)18-17-7-10-8-21-14-11-4-2-1-3-9(11)5-6-12(14)13(10)19/h1-8H,(H3,16,18,20)/b17-7+. The summed E-state index contributed by atoms with van der Waals surface area (Å²) in [5.41, 5.74) is 7.44. The molecule has 2 amide bonds. The lowest BCUT2D eigenvalue weighted by Crippen LogP contribution is -2.24. The van der Waals surface area contributed by atoms with Gasteiger partial charge in [-0.1, -0.05) is 30.3 Å². The van der Waals surface area contributed by atoms with Crippen LogP contribution in [0.5, 0.6) is 0 Å². The van der Waals surface area contributed by atoms with E-state index in [1.165, 1.54) is 12.5 Å². The van der Waals surface area contributed by atoms with Crippen molar-refractivity contribution >= 4 is 34.0 Å². The lowest BCUT2D eigenvalue weighted by atomic mass is 10.1. The molecule has 0 radical (unpaired) electrons. The summed E-state index contributed by atoms with van der Waals surface area (Å²) < 4.78 is 5.56. The highest BCUT2D eigenvalue weighted by Crippen LogP contribution is 2.23. The van der Waals surface area contributed by atoms with E-state index in [1.54, 1.807) is 6.07 Å². The Morgan fingerprint density at radius 1 is 1.19 bits per heavy atom. The molecule has 3 N–H and O–H groups in total. The first-order valence-electron chi connectivity index (χ1n) is 6.18. The molecule has 104 valence electrons. The number of primary amides is 1. The number of rotatable bonds is 2. The zero-order valence-corrected chi connectivity index (χ0v) is 10.9. The van der Waals surface area contributed by atoms with Crippen LogP contribution in [0.1, 0.15) is 5.56 Å². The smallest absolute Gasteiger partial charge is 0.332 e. The van der Waals surface area contributed by atoms with Crippen molar-refractivity contribution in [1.29, 1.82) is 0 Å². The molecule has 0 aliphatic carbocycles. The molecule has 0 fully saturated rings. The summed E-state index contributed by atoms with van der Waals surface area (Å²) in [7, 11) is 0. The summed E-state index contributed by atoms with van der Waals surface area (Å²) >= 11 is 0. The Kier molecular flexibility index (Phi) is 3.12. The van der Waals surface area contributed by atoms with Gasteiger partial charge in [0, 0.05) is 5.39 Å². The van der Waals surface area contributed by atoms with Gasteiger partial charge in [0.05, 0.1) is 17.2 Å². The Labute approximate surface area is 118 Å². The van der Waals surface area contributed by atoms with Crippen molar-refractivity contribution in [2.75, 3.05) is 0 Å². The summed E-state index contributed by atoms with van der Waals surface area (Å²) in [4.78, 5) is 22.9. The molecule has 0 saturated heterocycles. The van der Waals surface area contributed by atoms with Crippen LogP contribution < -0.4 is 16.6 Å². The van der Waals surface area contributed by atoms with Crippen LogP contribution in [0.15, 0.2) is 57.0 Å². The SMILES string of the molecule is NC(=O)N/N=C/c1coc2c(ccc3ccccc32)c1=O. The predicted octanol–water partition coefficient (Wildman–Crippen LogP) is 1.95. The monoisotopic (exact) mass is 281 g/mol. The average molecular weight is 281 g/mol. The second-order valence-corrected chi connectivity index (χ2v) is 4.42. The van der Waals surface area contributed by atoms with Gasteiger partial charge in [0.15, 0.2) is 0 Å². The zero-order valence-electron chi connectivity index (χ0n) is 10.9. The molecular weight excluding hydrogens is 270 g/mol. The Balaban J connectivity index is 2.18. The van der Waals surface area contributed by atoms with Crippen molar-refractivity contribution < 1.29 is 9.21 Å². The van der Waals surface area contributed by atoms with Crippen LogP contribution in [0.4, 0.5) is 4.79 Å². The molecule has 21 heavy (non-hydrogen) atoms. The number of urea groups is 1. The molecule has 1 aromatic heterocycles. The second kappa shape index (κ2) is 5.09. The van der Waals surface area contributed by atoms with Crippen LogP contribution in [0, 0.1) is 0 Å². The minimum atomic E-state index is -0.803. The van der Waals surface area contributed by atoms with Crippen LogP contribution in [0.2, 0.25) is 0 Å². The fraction of sp³-hybridized carbons (Fsp3) is 0. The van der Waals surface area contributed by atoms with Gasteiger partial charge < -0.3 is 10.2 Å². The van der Waals surface area contributed by atoms with Gasteiger partial charge in [-0.2, -0.15) is 5.10 Å². The van der Waals surface area contributed by atoms with E-state index in [1.807, 2.05) is 35.8 Å². The van der Waals surface area contributed by atoms with E-state index in [9.17, 15) is 9.59 Å². The number of benzene rings is 2. The maximum atomic E-state index is 12.4. The van der Waals surface area contributed by atoms with Crippen molar-refractivity contribution in [3.63, 3.8) is 0 Å². The van der Waals surface area contributed by atoms with Crippen LogP contribution in [-0.2, 0) is 0 Å². The maximum Gasteiger partial charge on any atom is 0.332 e. The van der Waals surface area contributed by atoms with Crippen molar-refractivity contribution in [2.24, 2.45) is 10.8 Å². The van der Waals surface area contributed by atoms with Crippen molar-refractivity contribution in [3.05, 3.63) is 58.4 Å². The molecule has 6 heteroatoms. The number of hydrogen-bond acceptors (Lipinski definition) is 4. The minimum Gasteiger partial charge on any atom is -0.463 e. The molecule has 0 bridgehead atoms. The first-order valence-corrected chi connectivity index (χ1v) is 6.18. The highest BCUT2D eigenvalue weighted by molar-refractivity contribution is 6.04. The molecule has 1 heterocycles. The lowest BCUT2D eigenvalue weighted by Gasteiger charge is -2.02. The third kappa shape index (κ3) is 2.34. The predicted molar refractivity (Wildman–Crippen MR) is 80.3 cm³/mol. The molecule has 0 unspecified atom stereocenters. The number of carbonyl (C=O) groups excluding carboxylic acids is 1. The van der Waals surface area contributed by atoms with E-state index >= 15 is 0 Å². The second-order valence-electron chi connectivity index (χ2n) is 4.42. The summed E-state index contributed by atoms with van der Waals surface area (Å²) in [6.45, 7) is 0. The minimum absolute atomic E-state index is 0.225. The van der Waals surface area contributed by atoms with Crippen molar-refractivity contribution in [3.8, 4) is 0 Å². The molecule has 2 aromatic carbocycles. The molecule has 6 nitrogen and oxygen atoms in total. The summed E-state index contributed by atoms with van der Waals surface area (Å²) in [6, 6.07) is 10.4. The molecule has 3 rings (SSSR count). The Morgan fingerprint density at radius 2 is 2.00 bits per heavy atom. The number of hydrogen-bond donors (Lipinski definition) is 2. The molecule has 0 atom stereocenters. The Hall–Kier alpha value is -3.15. The van der Waals surface area contributed by atoms with Crippen LogP contribution in [0.25, 0.3) is 21.7 Å². The van der Waals surface area contributed by atoms with Gasteiger partial charge in [0.2, 0.25) is 5.43 Å². The van der Waals surface area contributed by atoms with Gasteiger partial charge in [-0.3, -0.25) is 4.79 Å². The Bertz CT molecular complexity index is 928. The van der Waals surface area contributed by atoms with Gasteiger partial charge in [0.25, 0.3) is 0 Å². The van der Waals surface area contributed by atoms with Gasteiger partial charge in [0.1, 0.15) is 11.8 Å². The molecule has 3 aromatic rings. The van der Waals surface area contributed by atoms with E-state index in [0.29, 0.717) is 11.0 Å². The third-order valence-corrected chi connectivity index (χ3v) is 3.07. The number of nitrogens with zero attached hydrogens (tertiary/aromatic N) is 1. The van der Waals surface area contributed by atoms with Gasteiger partial charge in [-0.15, -0.1) is 0 Å². The van der Waals surface area contributed by atoms with E-state index in [0.717, 1.165) is 10.8 Å². The highest BCUT2D eigenvalue weighted by atomic mass is 16.3. The molecule has 0 aliphatic heterocycles. The number of hydrazone groups is 1. The normalized spacial score (nSPS) is 11.2. The molecule has 0 aliphatic rings. The summed E-state index contributed by atoms with van der Waals surface area (Å²) in [5, 5.41) is 5.87. The van der Waals surface area contributed by atoms with Crippen LogP contribution in [-0.4, -0.2) is 12.2 Å². The number of carbonyl (C=O) groups is 1. The van der Waals surface area contributed by atoms with E-state index in [4.69, 9.17) is 10.2 Å². The fourth-order valence-electron chi connectivity index (χ4n) is 2.13. The van der Waals surface area contributed by atoms with Gasteiger partial charge in [-0.05, 0) is 11.5 Å². The number of amides is 2. The van der Waals surface area contributed by atoms with E-state index < -0.39 is 6.03 Å². The number of nitrogens with two attached hydrogens (primary N) is 1. The highest BCUT2D eigenvalue weighted by Gasteiger charge is 2.08. The van der Waals surface area contributed by atoms with Crippen LogP contribution in [0.3, 0.4) is 0 Å². The first kappa shape index (κ1) is 12.9. The van der Waals surface area contributed by atoms with Gasteiger partial charge in [-0.25, -0.2) is 10.2 Å². The molecule has 0 spiro atoms. The Morgan fingerprint density at radius 3 is 2.81 bits per heavy atom. The number of nitrogens with one attached hydrogen (secondary N) is 1.